The molecule has 0 radical (unpaired) electrons. The van der Waals surface area contributed by atoms with Crippen molar-refractivity contribution >= 4 is 7.60 Å². The average Bonchev–Trinajstić information content (AvgIpc) is 2.39. The van der Waals surface area contributed by atoms with Crippen LogP contribution in [0.25, 0.3) is 0 Å². The van der Waals surface area contributed by atoms with Crippen molar-refractivity contribution in [1.82, 2.24) is 0 Å². The fraction of sp³-hybridized carbons (Fsp3) is 0.600. The van der Waals surface area contributed by atoms with E-state index in [1.807, 2.05) is 13.8 Å². The molecule has 0 aliphatic rings. The zero-order valence-corrected chi connectivity index (χ0v) is 13.1. The molecule has 5 heteroatoms. The van der Waals surface area contributed by atoms with Crippen LogP contribution in [0.2, 0.25) is 0 Å². The van der Waals surface area contributed by atoms with Crippen LogP contribution in [0.4, 0.5) is 0 Å². The molecule has 0 bridgehead atoms. The molecule has 1 rings (SSSR count). The molecule has 0 heterocycles. The Bertz CT molecular complexity index is 441. The summed E-state index contributed by atoms with van der Waals surface area (Å²) in [7, 11) is -4.28. The van der Waals surface area contributed by atoms with E-state index in [1.165, 1.54) is 12.1 Å². The highest BCUT2D eigenvalue weighted by molar-refractivity contribution is 7.53. The summed E-state index contributed by atoms with van der Waals surface area (Å²) in [5.41, 5.74) is 0.630. The second-order valence-corrected chi connectivity index (χ2v) is 7.27. The lowest BCUT2D eigenvalue weighted by molar-refractivity contribution is 0.300. The smallest absolute Gasteiger partial charge is 0.335 e. The van der Waals surface area contributed by atoms with Crippen molar-refractivity contribution < 1.29 is 19.5 Å². The molecule has 4 nitrogen and oxygen atoms in total. The van der Waals surface area contributed by atoms with Crippen LogP contribution in [0.15, 0.2) is 24.3 Å². The van der Waals surface area contributed by atoms with Gasteiger partial charge >= 0.3 is 7.60 Å². The van der Waals surface area contributed by atoms with E-state index in [0.29, 0.717) is 18.4 Å². The fourth-order valence-electron chi connectivity index (χ4n) is 2.58. The second-order valence-electron chi connectivity index (χ2n) is 5.33. The fourth-order valence-corrected chi connectivity index (χ4v) is 3.97. The Morgan fingerprint density at radius 1 is 1.00 bits per heavy atom. The minimum atomic E-state index is -4.28. The van der Waals surface area contributed by atoms with E-state index in [-0.39, 0.29) is 5.75 Å². The van der Waals surface area contributed by atoms with Crippen molar-refractivity contribution in [2.24, 2.45) is 0 Å². The first kappa shape index (κ1) is 17.2. The second kappa shape index (κ2) is 7.26. The lowest BCUT2D eigenvalue weighted by atomic mass is 9.88. The van der Waals surface area contributed by atoms with Crippen molar-refractivity contribution in [3.63, 3.8) is 0 Å². The number of phenols is 1. The molecule has 0 aliphatic heterocycles. The van der Waals surface area contributed by atoms with Gasteiger partial charge in [-0.2, -0.15) is 0 Å². The number of benzene rings is 1. The number of hydrogen-bond acceptors (Lipinski definition) is 2. The Kier molecular flexibility index (Phi) is 6.25. The Balaban J connectivity index is 3.27. The number of hydrogen-bond donors (Lipinski definition) is 3. The molecule has 0 atom stereocenters. The molecule has 3 N–H and O–H groups in total. The maximum Gasteiger partial charge on any atom is 0.335 e. The quantitative estimate of drug-likeness (QED) is 0.630. The lowest BCUT2D eigenvalue weighted by Gasteiger charge is -2.35. The average molecular weight is 300 g/mol. The van der Waals surface area contributed by atoms with Crippen LogP contribution in [-0.2, 0) is 9.72 Å². The summed E-state index contributed by atoms with van der Waals surface area (Å²) in [5, 5.41) is 8.26. The normalized spacial score (nSPS) is 12.6. The van der Waals surface area contributed by atoms with Gasteiger partial charge in [0.2, 0.25) is 0 Å². The summed E-state index contributed by atoms with van der Waals surface area (Å²) in [5.74, 6) is 0.111. The van der Waals surface area contributed by atoms with E-state index in [2.05, 4.69) is 0 Å². The van der Waals surface area contributed by atoms with Gasteiger partial charge in [-0.15, -0.1) is 0 Å². The molecule has 0 saturated heterocycles. The summed E-state index contributed by atoms with van der Waals surface area (Å²) in [6.07, 6.45) is 4.28. The maximum absolute atomic E-state index is 12.2. The van der Waals surface area contributed by atoms with E-state index >= 15 is 0 Å². The highest BCUT2D eigenvalue weighted by Gasteiger charge is 2.46. The molecule has 0 aromatic heterocycles. The van der Waals surface area contributed by atoms with Gasteiger partial charge in [0.15, 0.2) is 0 Å². The van der Waals surface area contributed by atoms with E-state index in [1.54, 1.807) is 12.1 Å². The SMILES string of the molecule is CCCCC(CCCC)(c1ccc(O)cc1)P(=O)(O)O. The molecule has 0 spiro atoms. The van der Waals surface area contributed by atoms with Crippen molar-refractivity contribution in [3.05, 3.63) is 29.8 Å². The zero-order chi connectivity index (χ0) is 15.2. The van der Waals surface area contributed by atoms with Crippen LogP contribution in [0.3, 0.4) is 0 Å². The Labute approximate surface area is 121 Å². The van der Waals surface area contributed by atoms with E-state index in [9.17, 15) is 19.5 Å². The van der Waals surface area contributed by atoms with Gasteiger partial charge in [-0.25, -0.2) is 0 Å². The first-order valence-corrected chi connectivity index (χ1v) is 8.83. The lowest BCUT2D eigenvalue weighted by Crippen LogP contribution is -2.26. The third-order valence-corrected chi connectivity index (χ3v) is 5.67. The topological polar surface area (TPSA) is 77.8 Å². The van der Waals surface area contributed by atoms with Crippen LogP contribution < -0.4 is 0 Å². The molecule has 1 aromatic rings. The molecular weight excluding hydrogens is 275 g/mol. The first-order chi connectivity index (χ1) is 9.37. The van der Waals surface area contributed by atoms with Crippen LogP contribution in [0.1, 0.15) is 57.9 Å². The van der Waals surface area contributed by atoms with Gasteiger partial charge in [0.05, 0.1) is 5.16 Å². The van der Waals surface area contributed by atoms with Crippen molar-refractivity contribution in [2.45, 2.75) is 57.5 Å². The van der Waals surface area contributed by atoms with Gasteiger partial charge < -0.3 is 14.9 Å². The van der Waals surface area contributed by atoms with Crippen LogP contribution in [-0.4, -0.2) is 14.9 Å². The summed E-state index contributed by atoms with van der Waals surface area (Å²) < 4.78 is 12.2. The van der Waals surface area contributed by atoms with Crippen LogP contribution in [0.5, 0.6) is 5.75 Å². The molecule has 0 saturated carbocycles. The standard InChI is InChI=1S/C15H25O4P/c1-3-5-11-15(12-6-4-2,20(17,18)19)13-7-9-14(16)10-8-13/h7-10,16H,3-6,11-12H2,1-2H3,(H2,17,18,19). The predicted molar refractivity (Wildman–Crippen MR) is 80.9 cm³/mol. The van der Waals surface area contributed by atoms with E-state index in [0.717, 1.165) is 25.7 Å². The summed E-state index contributed by atoms with van der Waals surface area (Å²) in [6.45, 7) is 4.03. The molecule has 0 amide bonds. The number of phenolic OH excluding ortho intramolecular Hbond substituents is 1. The zero-order valence-electron chi connectivity index (χ0n) is 12.2. The third-order valence-electron chi connectivity index (χ3n) is 3.85. The molecule has 0 unspecified atom stereocenters. The van der Waals surface area contributed by atoms with Crippen molar-refractivity contribution in [2.75, 3.05) is 0 Å². The van der Waals surface area contributed by atoms with E-state index in [4.69, 9.17) is 0 Å². The Morgan fingerprint density at radius 3 is 1.80 bits per heavy atom. The van der Waals surface area contributed by atoms with Gasteiger partial charge in [-0.1, -0.05) is 51.7 Å². The van der Waals surface area contributed by atoms with Crippen molar-refractivity contribution in [3.8, 4) is 5.75 Å². The highest BCUT2D eigenvalue weighted by atomic mass is 31.2. The van der Waals surface area contributed by atoms with Crippen LogP contribution >= 0.6 is 7.60 Å². The Morgan fingerprint density at radius 2 is 1.45 bits per heavy atom. The molecular formula is C15H25O4P. The molecule has 114 valence electrons. The maximum atomic E-state index is 12.2. The van der Waals surface area contributed by atoms with Gasteiger partial charge in [-0.3, -0.25) is 4.57 Å². The van der Waals surface area contributed by atoms with Crippen LogP contribution in [0, 0.1) is 0 Å². The third kappa shape index (κ3) is 3.85. The van der Waals surface area contributed by atoms with Gasteiger partial charge in [0.25, 0.3) is 0 Å². The minimum absolute atomic E-state index is 0.111. The molecule has 1 aromatic carbocycles. The summed E-state index contributed by atoms with van der Waals surface area (Å²) in [6, 6.07) is 6.27. The predicted octanol–water partition coefficient (Wildman–Crippen LogP) is 4.15. The number of unbranched alkanes of at least 4 members (excludes halogenated alkanes) is 2. The molecule has 0 fully saturated rings. The monoisotopic (exact) mass is 300 g/mol. The largest absolute Gasteiger partial charge is 0.508 e. The molecule has 0 aliphatic carbocycles. The van der Waals surface area contributed by atoms with Gasteiger partial charge in [-0.05, 0) is 30.5 Å². The Hall–Kier alpha value is -0.830. The van der Waals surface area contributed by atoms with Crippen molar-refractivity contribution in [1.29, 1.82) is 0 Å². The van der Waals surface area contributed by atoms with Gasteiger partial charge in [0, 0.05) is 0 Å². The van der Waals surface area contributed by atoms with E-state index < -0.39 is 12.8 Å². The number of rotatable bonds is 8. The highest BCUT2D eigenvalue weighted by Crippen LogP contribution is 2.62. The summed E-state index contributed by atoms with van der Waals surface area (Å²) in [4.78, 5) is 19.9. The summed E-state index contributed by atoms with van der Waals surface area (Å²) >= 11 is 0. The van der Waals surface area contributed by atoms with Gasteiger partial charge in [0.1, 0.15) is 5.75 Å². The molecule has 20 heavy (non-hydrogen) atoms. The number of aromatic hydroxyl groups is 1. The minimum Gasteiger partial charge on any atom is -0.508 e. The first-order valence-electron chi connectivity index (χ1n) is 7.22.